The molecule has 0 amide bonds. The summed E-state index contributed by atoms with van der Waals surface area (Å²) in [5.74, 6) is -0.433. The van der Waals surface area contributed by atoms with Crippen molar-refractivity contribution in [2.45, 2.75) is 33.0 Å². The fourth-order valence-corrected chi connectivity index (χ4v) is 1.14. The van der Waals surface area contributed by atoms with Gasteiger partial charge < -0.3 is 9.47 Å². The van der Waals surface area contributed by atoms with E-state index in [1.807, 2.05) is 0 Å². The van der Waals surface area contributed by atoms with Gasteiger partial charge >= 0.3 is 12.1 Å². The van der Waals surface area contributed by atoms with E-state index in [0.717, 1.165) is 0 Å². The second kappa shape index (κ2) is 5.90. The first-order chi connectivity index (χ1) is 8.31. The third kappa shape index (κ3) is 4.79. The third-order valence-electron chi connectivity index (χ3n) is 1.75. The summed E-state index contributed by atoms with van der Waals surface area (Å²) in [6.07, 6.45) is 2.25. The zero-order chi connectivity index (χ0) is 13.8. The van der Waals surface area contributed by atoms with Gasteiger partial charge in [0.15, 0.2) is 0 Å². The molecule has 0 aliphatic carbocycles. The van der Waals surface area contributed by atoms with E-state index in [9.17, 15) is 9.59 Å². The summed E-state index contributed by atoms with van der Waals surface area (Å²) in [4.78, 5) is 26.5. The molecule has 1 aromatic rings. The first-order valence-corrected chi connectivity index (χ1v) is 5.98. The van der Waals surface area contributed by atoms with Crippen LogP contribution < -0.4 is 0 Å². The average Bonchev–Trinajstić information content (AvgIpc) is 2.72. The smallest absolute Gasteiger partial charge is 0.419 e. The number of carbonyl (C=O) groups excluding carboxylic acids is 2. The Labute approximate surface area is 111 Å². The maximum atomic E-state index is 11.6. The van der Waals surface area contributed by atoms with E-state index in [1.165, 1.54) is 17.1 Å². The predicted octanol–water partition coefficient (Wildman–Crippen LogP) is 1.64. The standard InChI is InChI=1S/C11H16N2O4S/c1-11(2,3)17-10(15)13-4-8(12-7-13)5-16-9(14)6-18/h4,7,18H,5-6H2,1-3H3. The highest BCUT2D eigenvalue weighted by Gasteiger charge is 2.18. The number of carbonyl (C=O) groups is 2. The van der Waals surface area contributed by atoms with Crippen LogP contribution in [0.25, 0.3) is 0 Å². The van der Waals surface area contributed by atoms with Crippen LogP contribution in [0.3, 0.4) is 0 Å². The SMILES string of the molecule is CC(C)(C)OC(=O)n1cnc(COC(=O)CS)c1. The topological polar surface area (TPSA) is 70.4 Å². The Morgan fingerprint density at radius 3 is 2.67 bits per heavy atom. The number of ether oxygens (including phenoxy) is 2. The van der Waals surface area contributed by atoms with Gasteiger partial charge in [-0.3, -0.25) is 4.79 Å². The lowest BCUT2D eigenvalue weighted by atomic mass is 10.2. The van der Waals surface area contributed by atoms with Crippen molar-refractivity contribution in [1.29, 1.82) is 0 Å². The summed E-state index contributed by atoms with van der Waals surface area (Å²) in [6, 6.07) is 0. The van der Waals surface area contributed by atoms with Gasteiger partial charge in [0.2, 0.25) is 0 Å². The van der Waals surface area contributed by atoms with Gasteiger partial charge in [-0.2, -0.15) is 12.6 Å². The molecular weight excluding hydrogens is 256 g/mol. The van der Waals surface area contributed by atoms with Gasteiger partial charge in [-0.15, -0.1) is 0 Å². The minimum absolute atomic E-state index is 0.00672. The fraction of sp³-hybridized carbons (Fsp3) is 0.545. The zero-order valence-corrected chi connectivity index (χ0v) is 11.4. The molecule has 1 heterocycles. The normalized spacial score (nSPS) is 11.1. The number of nitrogens with zero attached hydrogens (tertiary/aromatic N) is 2. The summed E-state index contributed by atoms with van der Waals surface area (Å²) in [5.41, 5.74) is -0.101. The molecular formula is C11H16N2O4S. The lowest BCUT2D eigenvalue weighted by Crippen LogP contribution is -2.26. The molecule has 0 radical (unpaired) electrons. The molecule has 0 bridgehead atoms. The van der Waals surface area contributed by atoms with Crippen molar-refractivity contribution in [1.82, 2.24) is 9.55 Å². The number of esters is 1. The Hall–Kier alpha value is -1.50. The highest BCUT2D eigenvalue weighted by molar-refractivity contribution is 7.81. The molecule has 0 unspecified atom stereocenters. The van der Waals surface area contributed by atoms with Gasteiger partial charge in [0, 0.05) is 6.20 Å². The van der Waals surface area contributed by atoms with Crippen LogP contribution in [-0.2, 0) is 20.9 Å². The zero-order valence-electron chi connectivity index (χ0n) is 10.5. The molecule has 0 saturated heterocycles. The van der Waals surface area contributed by atoms with Crippen LogP contribution in [0.1, 0.15) is 26.5 Å². The Bertz CT molecular complexity index is 436. The Morgan fingerprint density at radius 2 is 2.11 bits per heavy atom. The highest BCUT2D eigenvalue weighted by Crippen LogP contribution is 2.09. The molecule has 18 heavy (non-hydrogen) atoms. The van der Waals surface area contributed by atoms with Crippen molar-refractivity contribution in [3.8, 4) is 0 Å². The van der Waals surface area contributed by atoms with Crippen molar-refractivity contribution in [3.05, 3.63) is 18.2 Å². The molecule has 1 aromatic heterocycles. The number of hydrogen-bond donors (Lipinski definition) is 1. The monoisotopic (exact) mass is 272 g/mol. The van der Waals surface area contributed by atoms with Crippen molar-refractivity contribution in [2.75, 3.05) is 5.75 Å². The average molecular weight is 272 g/mol. The van der Waals surface area contributed by atoms with Crippen LogP contribution in [0.4, 0.5) is 4.79 Å². The van der Waals surface area contributed by atoms with E-state index in [-0.39, 0.29) is 12.4 Å². The fourth-order valence-electron chi connectivity index (χ4n) is 1.05. The van der Waals surface area contributed by atoms with Crippen LogP contribution in [0.5, 0.6) is 0 Å². The number of hydrogen-bond acceptors (Lipinski definition) is 6. The second-order valence-electron chi connectivity index (χ2n) is 4.57. The minimum atomic E-state index is -0.569. The van der Waals surface area contributed by atoms with Crippen LogP contribution in [0.2, 0.25) is 0 Å². The van der Waals surface area contributed by atoms with Crippen LogP contribution in [0, 0.1) is 0 Å². The summed E-state index contributed by atoms with van der Waals surface area (Å²) in [6.45, 7) is 5.33. The molecule has 0 spiro atoms. The van der Waals surface area contributed by atoms with E-state index in [1.54, 1.807) is 20.8 Å². The van der Waals surface area contributed by atoms with Crippen molar-refractivity contribution >= 4 is 24.7 Å². The van der Waals surface area contributed by atoms with Crippen molar-refractivity contribution < 1.29 is 19.1 Å². The molecule has 0 fully saturated rings. The lowest BCUT2D eigenvalue weighted by molar-refractivity contribution is -0.141. The third-order valence-corrected chi connectivity index (χ3v) is 2.01. The molecule has 0 aliphatic rings. The van der Waals surface area contributed by atoms with Gasteiger partial charge in [0.05, 0.1) is 11.4 Å². The van der Waals surface area contributed by atoms with E-state index in [2.05, 4.69) is 17.6 Å². The minimum Gasteiger partial charge on any atom is -0.458 e. The summed E-state index contributed by atoms with van der Waals surface area (Å²) >= 11 is 3.77. The number of aromatic nitrogens is 2. The quantitative estimate of drug-likeness (QED) is 0.669. The number of thiol groups is 1. The first-order valence-electron chi connectivity index (χ1n) is 5.34. The van der Waals surface area contributed by atoms with Gasteiger partial charge in [-0.25, -0.2) is 14.3 Å². The molecule has 1 rings (SSSR count). The van der Waals surface area contributed by atoms with Crippen LogP contribution in [0.15, 0.2) is 12.5 Å². The molecule has 0 atom stereocenters. The van der Waals surface area contributed by atoms with Crippen molar-refractivity contribution in [3.63, 3.8) is 0 Å². The number of imidazole rings is 1. The molecule has 7 heteroatoms. The highest BCUT2D eigenvalue weighted by atomic mass is 32.1. The largest absolute Gasteiger partial charge is 0.458 e. The van der Waals surface area contributed by atoms with E-state index in [0.29, 0.717) is 5.69 Å². The lowest BCUT2D eigenvalue weighted by Gasteiger charge is -2.19. The molecule has 100 valence electrons. The second-order valence-corrected chi connectivity index (χ2v) is 4.89. The molecule has 6 nitrogen and oxygen atoms in total. The Balaban J connectivity index is 2.58. The van der Waals surface area contributed by atoms with Crippen molar-refractivity contribution in [2.24, 2.45) is 0 Å². The Kier molecular flexibility index (Phi) is 4.77. The summed E-state index contributed by atoms with van der Waals surface area (Å²) < 4.78 is 11.2. The summed E-state index contributed by atoms with van der Waals surface area (Å²) in [7, 11) is 0. The van der Waals surface area contributed by atoms with Crippen LogP contribution in [-0.4, -0.2) is 33.0 Å². The predicted molar refractivity (Wildman–Crippen MR) is 67.5 cm³/mol. The molecule has 0 saturated carbocycles. The van der Waals surface area contributed by atoms with Crippen LogP contribution >= 0.6 is 12.6 Å². The summed E-state index contributed by atoms with van der Waals surface area (Å²) in [5, 5.41) is 0. The maximum Gasteiger partial charge on any atom is 0.419 e. The van der Waals surface area contributed by atoms with Gasteiger partial charge in [-0.1, -0.05) is 0 Å². The van der Waals surface area contributed by atoms with E-state index in [4.69, 9.17) is 9.47 Å². The van der Waals surface area contributed by atoms with Gasteiger partial charge in [0.25, 0.3) is 0 Å². The van der Waals surface area contributed by atoms with E-state index < -0.39 is 17.7 Å². The maximum absolute atomic E-state index is 11.6. The molecule has 0 N–H and O–H groups in total. The number of rotatable bonds is 3. The molecule has 0 aromatic carbocycles. The first kappa shape index (κ1) is 14.6. The molecule has 0 aliphatic heterocycles. The van der Waals surface area contributed by atoms with E-state index >= 15 is 0 Å². The Morgan fingerprint density at radius 1 is 1.44 bits per heavy atom. The van der Waals surface area contributed by atoms with Gasteiger partial charge in [0.1, 0.15) is 18.5 Å². The van der Waals surface area contributed by atoms with Gasteiger partial charge in [-0.05, 0) is 20.8 Å².